The van der Waals surface area contributed by atoms with Crippen LogP contribution in [-0.2, 0) is 0 Å². The molecule has 0 aliphatic carbocycles. The van der Waals surface area contributed by atoms with E-state index in [-0.39, 0.29) is 0 Å². The highest BCUT2D eigenvalue weighted by atomic mass is 16.5. The fourth-order valence-electron chi connectivity index (χ4n) is 2.25. The predicted molar refractivity (Wildman–Crippen MR) is 77.2 cm³/mol. The molecule has 0 radical (unpaired) electrons. The summed E-state index contributed by atoms with van der Waals surface area (Å²) in [4.78, 5) is 2.24. The van der Waals surface area contributed by atoms with Gasteiger partial charge in [-0.05, 0) is 64.5 Å². The average Bonchev–Trinajstić information content (AvgIpc) is 2.33. The molecule has 0 fully saturated rings. The highest BCUT2D eigenvalue weighted by Gasteiger charge is 2.18. The minimum absolute atomic E-state index is 0.364. The Labute approximate surface area is 111 Å². The van der Waals surface area contributed by atoms with E-state index in [1.807, 2.05) is 0 Å². The lowest BCUT2D eigenvalue weighted by molar-refractivity contribution is 0.271. The number of nitrogens with zero attached hydrogens (tertiary/aromatic N) is 1. The van der Waals surface area contributed by atoms with Crippen LogP contribution in [-0.4, -0.2) is 32.6 Å². The van der Waals surface area contributed by atoms with Crippen LogP contribution in [0.4, 0.5) is 0 Å². The molecule has 0 aliphatic heterocycles. The van der Waals surface area contributed by atoms with Gasteiger partial charge in [0.15, 0.2) is 0 Å². The number of aryl methyl sites for hydroxylation is 2. The monoisotopic (exact) mass is 250 g/mol. The molecule has 1 unspecified atom stereocenters. The van der Waals surface area contributed by atoms with E-state index >= 15 is 0 Å². The first-order chi connectivity index (χ1) is 8.51. The summed E-state index contributed by atoms with van der Waals surface area (Å²) in [5.74, 6) is 0.980. The summed E-state index contributed by atoms with van der Waals surface area (Å²) in [5.41, 5.74) is 9.47. The van der Waals surface area contributed by atoms with Gasteiger partial charge >= 0.3 is 0 Å². The third kappa shape index (κ3) is 3.47. The fourth-order valence-corrected chi connectivity index (χ4v) is 2.25. The van der Waals surface area contributed by atoms with Crippen molar-refractivity contribution < 1.29 is 4.74 Å². The van der Waals surface area contributed by atoms with Crippen molar-refractivity contribution >= 4 is 0 Å². The lowest BCUT2D eigenvalue weighted by Gasteiger charge is -2.27. The van der Waals surface area contributed by atoms with Crippen LogP contribution in [0.1, 0.15) is 35.6 Å². The molecule has 1 atom stereocenters. The number of ether oxygens (including phenoxy) is 1. The van der Waals surface area contributed by atoms with Gasteiger partial charge in [-0.25, -0.2) is 0 Å². The van der Waals surface area contributed by atoms with Crippen molar-refractivity contribution in [1.82, 2.24) is 4.90 Å². The second-order valence-corrected chi connectivity index (χ2v) is 5.09. The van der Waals surface area contributed by atoms with Crippen LogP contribution in [0.3, 0.4) is 0 Å². The molecule has 0 amide bonds. The summed E-state index contributed by atoms with van der Waals surface area (Å²) in [6.07, 6.45) is 2.08. The summed E-state index contributed by atoms with van der Waals surface area (Å²) in [6, 6.07) is 4.74. The predicted octanol–water partition coefficient (Wildman–Crippen LogP) is 2.65. The molecule has 2 N–H and O–H groups in total. The van der Waals surface area contributed by atoms with E-state index in [1.165, 1.54) is 16.7 Å². The van der Waals surface area contributed by atoms with Gasteiger partial charge in [-0.2, -0.15) is 0 Å². The van der Waals surface area contributed by atoms with Crippen LogP contribution in [0, 0.1) is 13.8 Å². The van der Waals surface area contributed by atoms with E-state index in [9.17, 15) is 0 Å². The first-order valence-corrected chi connectivity index (χ1v) is 6.52. The topological polar surface area (TPSA) is 38.5 Å². The smallest absolute Gasteiger partial charge is 0.123 e. The molecule has 0 saturated heterocycles. The number of nitrogens with two attached hydrogens (primary N) is 1. The van der Waals surface area contributed by atoms with Gasteiger partial charge in [0, 0.05) is 11.6 Å². The Bertz CT molecular complexity index is 388. The highest BCUT2D eigenvalue weighted by Crippen LogP contribution is 2.33. The Morgan fingerprint density at radius 1 is 1.22 bits per heavy atom. The summed E-state index contributed by atoms with van der Waals surface area (Å²) in [5, 5.41) is 0. The zero-order valence-electron chi connectivity index (χ0n) is 12.3. The Kier molecular flexibility index (Phi) is 5.63. The van der Waals surface area contributed by atoms with E-state index in [0.29, 0.717) is 6.04 Å². The Morgan fingerprint density at radius 3 is 2.33 bits per heavy atom. The molecule has 0 saturated carbocycles. The van der Waals surface area contributed by atoms with Gasteiger partial charge in [0.1, 0.15) is 5.75 Å². The third-order valence-electron chi connectivity index (χ3n) is 3.51. The number of hydrogen-bond donors (Lipinski definition) is 1. The van der Waals surface area contributed by atoms with Gasteiger partial charge < -0.3 is 15.4 Å². The molecular weight excluding hydrogens is 224 g/mol. The SMILES string of the molecule is COc1cc(C)c(C)cc1C(CCCN)N(C)C. The van der Waals surface area contributed by atoms with Crippen LogP contribution in [0.2, 0.25) is 0 Å². The standard InChI is InChI=1S/C15H26N2O/c1-11-9-13(15(18-5)10-12(11)2)14(17(3)4)7-6-8-16/h9-10,14H,6-8,16H2,1-5H3. The minimum Gasteiger partial charge on any atom is -0.496 e. The van der Waals surface area contributed by atoms with Crippen LogP contribution in [0.25, 0.3) is 0 Å². The van der Waals surface area contributed by atoms with Crippen molar-refractivity contribution in [2.24, 2.45) is 5.73 Å². The summed E-state index contributed by atoms with van der Waals surface area (Å²) >= 11 is 0. The second-order valence-electron chi connectivity index (χ2n) is 5.09. The number of rotatable bonds is 6. The maximum absolute atomic E-state index is 5.63. The van der Waals surface area contributed by atoms with Gasteiger partial charge in [0.2, 0.25) is 0 Å². The molecule has 102 valence electrons. The van der Waals surface area contributed by atoms with Crippen LogP contribution >= 0.6 is 0 Å². The molecule has 1 aromatic carbocycles. The average molecular weight is 250 g/mol. The van der Waals surface area contributed by atoms with E-state index in [1.54, 1.807) is 7.11 Å². The lowest BCUT2D eigenvalue weighted by Crippen LogP contribution is -2.21. The van der Waals surface area contributed by atoms with Crippen molar-refractivity contribution in [1.29, 1.82) is 0 Å². The van der Waals surface area contributed by atoms with Crippen molar-refractivity contribution in [2.45, 2.75) is 32.7 Å². The molecule has 0 heterocycles. The van der Waals surface area contributed by atoms with Crippen molar-refractivity contribution in [3.05, 3.63) is 28.8 Å². The normalized spacial score (nSPS) is 12.8. The zero-order valence-corrected chi connectivity index (χ0v) is 12.3. The maximum Gasteiger partial charge on any atom is 0.123 e. The summed E-state index contributed by atoms with van der Waals surface area (Å²) < 4.78 is 5.53. The Balaban J connectivity index is 3.13. The van der Waals surface area contributed by atoms with E-state index in [2.05, 4.69) is 45.0 Å². The Morgan fingerprint density at radius 2 is 1.83 bits per heavy atom. The molecule has 0 aromatic heterocycles. The molecule has 0 aliphatic rings. The largest absolute Gasteiger partial charge is 0.496 e. The molecule has 0 bridgehead atoms. The first-order valence-electron chi connectivity index (χ1n) is 6.52. The van der Waals surface area contributed by atoms with Gasteiger partial charge in [-0.15, -0.1) is 0 Å². The zero-order chi connectivity index (χ0) is 13.7. The lowest BCUT2D eigenvalue weighted by atomic mass is 9.96. The van der Waals surface area contributed by atoms with Gasteiger partial charge in [0.25, 0.3) is 0 Å². The van der Waals surface area contributed by atoms with E-state index in [4.69, 9.17) is 10.5 Å². The summed E-state index contributed by atoms with van der Waals surface area (Å²) in [7, 11) is 5.95. The number of hydrogen-bond acceptors (Lipinski definition) is 3. The van der Waals surface area contributed by atoms with Crippen LogP contribution in [0.5, 0.6) is 5.75 Å². The summed E-state index contributed by atoms with van der Waals surface area (Å²) in [6.45, 7) is 5.00. The minimum atomic E-state index is 0.364. The molecule has 3 heteroatoms. The van der Waals surface area contributed by atoms with Crippen molar-refractivity contribution in [3.63, 3.8) is 0 Å². The quantitative estimate of drug-likeness (QED) is 0.843. The molecule has 18 heavy (non-hydrogen) atoms. The van der Waals surface area contributed by atoms with Crippen LogP contribution < -0.4 is 10.5 Å². The van der Waals surface area contributed by atoms with Crippen molar-refractivity contribution in [3.8, 4) is 5.75 Å². The second kappa shape index (κ2) is 6.76. The van der Waals surface area contributed by atoms with Crippen molar-refractivity contribution in [2.75, 3.05) is 27.7 Å². The maximum atomic E-state index is 5.63. The van der Waals surface area contributed by atoms with E-state index < -0.39 is 0 Å². The molecule has 0 spiro atoms. The highest BCUT2D eigenvalue weighted by molar-refractivity contribution is 5.43. The Hall–Kier alpha value is -1.06. The molecule has 1 aromatic rings. The molecule has 1 rings (SSSR count). The van der Waals surface area contributed by atoms with Gasteiger partial charge in [-0.1, -0.05) is 6.07 Å². The third-order valence-corrected chi connectivity index (χ3v) is 3.51. The molecule has 3 nitrogen and oxygen atoms in total. The van der Waals surface area contributed by atoms with E-state index in [0.717, 1.165) is 25.1 Å². The number of benzene rings is 1. The first kappa shape index (κ1) is 15.0. The molecular formula is C15H26N2O. The van der Waals surface area contributed by atoms with Gasteiger partial charge in [0.05, 0.1) is 7.11 Å². The van der Waals surface area contributed by atoms with Gasteiger partial charge in [-0.3, -0.25) is 0 Å². The van der Waals surface area contributed by atoms with Crippen LogP contribution in [0.15, 0.2) is 12.1 Å². The fraction of sp³-hybridized carbons (Fsp3) is 0.600. The number of methoxy groups -OCH3 is 1.